The Bertz CT molecular complexity index is 664. The molecule has 0 bridgehead atoms. The summed E-state index contributed by atoms with van der Waals surface area (Å²) in [5.74, 6) is 1.52. The van der Waals surface area contributed by atoms with Crippen molar-refractivity contribution in [2.24, 2.45) is 0 Å². The summed E-state index contributed by atoms with van der Waals surface area (Å²) in [5.41, 5.74) is 2.93. The van der Waals surface area contributed by atoms with Gasteiger partial charge in [-0.25, -0.2) is 4.98 Å². The minimum Gasteiger partial charge on any atom is -0.454 e. The van der Waals surface area contributed by atoms with Gasteiger partial charge in [-0.3, -0.25) is 0 Å². The molecular formula is C14H12BrClN2O2. The highest BCUT2D eigenvalue weighted by Gasteiger charge is 2.16. The van der Waals surface area contributed by atoms with Crippen LogP contribution in [0.3, 0.4) is 0 Å². The molecule has 0 saturated carbocycles. The number of fused-ring (bicyclic) bond motifs is 1. The molecule has 0 atom stereocenters. The number of pyridine rings is 1. The predicted molar refractivity (Wildman–Crippen MR) is 81.6 cm³/mol. The Morgan fingerprint density at radius 3 is 2.85 bits per heavy atom. The molecule has 0 fully saturated rings. The monoisotopic (exact) mass is 354 g/mol. The molecule has 3 rings (SSSR count). The van der Waals surface area contributed by atoms with Gasteiger partial charge in [0.25, 0.3) is 0 Å². The van der Waals surface area contributed by atoms with Crippen LogP contribution < -0.4 is 14.8 Å². The van der Waals surface area contributed by atoms with Crippen LogP contribution in [0.2, 0.25) is 5.15 Å². The topological polar surface area (TPSA) is 43.4 Å². The fourth-order valence-corrected chi connectivity index (χ4v) is 2.59. The van der Waals surface area contributed by atoms with Crippen molar-refractivity contribution < 1.29 is 9.47 Å². The molecule has 1 N–H and O–H groups in total. The van der Waals surface area contributed by atoms with E-state index in [1.807, 2.05) is 25.1 Å². The maximum atomic E-state index is 6.07. The summed E-state index contributed by atoms with van der Waals surface area (Å²) in [4.78, 5) is 4.12. The van der Waals surface area contributed by atoms with Gasteiger partial charge in [-0.1, -0.05) is 27.5 Å². The Kier molecular flexibility index (Phi) is 3.72. The molecule has 1 aliphatic rings. The van der Waals surface area contributed by atoms with E-state index in [9.17, 15) is 0 Å². The van der Waals surface area contributed by atoms with Crippen LogP contribution in [0.4, 0.5) is 5.69 Å². The van der Waals surface area contributed by atoms with Crippen molar-refractivity contribution >= 4 is 33.2 Å². The highest BCUT2D eigenvalue weighted by Crippen LogP contribution is 2.37. The van der Waals surface area contributed by atoms with Crippen LogP contribution in [0, 0.1) is 6.92 Å². The van der Waals surface area contributed by atoms with Gasteiger partial charge in [0.05, 0.1) is 5.69 Å². The Hall–Kier alpha value is -1.46. The van der Waals surface area contributed by atoms with Gasteiger partial charge >= 0.3 is 0 Å². The van der Waals surface area contributed by atoms with Gasteiger partial charge in [-0.15, -0.1) is 0 Å². The number of aromatic nitrogens is 1. The summed E-state index contributed by atoms with van der Waals surface area (Å²) in [6, 6.07) is 5.84. The molecule has 0 amide bonds. The molecule has 6 heteroatoms. The van der Waals surface area contributed by atoms with E-state index in [-0.39, 0.29) is 6.79 Å². The lowest BCUT2D eigenvalue weighted by Gasteiger charge is -2.11. The maximum absolute atomic E-state index is 6.07. The zero-order valence-corrected chi connectivity index (χ0v) is 13.1. The van der Waals surface area contributed by atoms with Crippen LogP contribution in [0.1, 0.15) is 11.1 Å². The summed E-state index contributed by atoms with van der Waals surface area (Å²) in [5, 5.41) is 3.75. The highest BCUT2D eigenvalue weighted by atomic mass is 79.9. The first kappa shape index (κ1) is 13.5. The van der Waals surface area contributed by atoms with Crippen LogP contribution in [0.5, 0.6) is 11.5 Å². The average Bonchev–Trinajstić information content (AvgIpc) is 2.86. The Labute approximate surface area is 130 Å². The van der Waals surface area contributed by atoms with E-state index < -0.39 is 0 Å². The number of ether oxygens (including phenoxy) is 2. The normalized spacial score (nSPS) is 12.6. The van der Waals surface area contributed by atoms with Crippen LogP contribution in [0.15, 0.2) is 28.9 Å². The third-order valence-corrected chi connectivity index (χ3v) is 4.03. The summed E-state index contributed by atoms with van der Waals surface area (Å²) >= 11 is 9.60. The van der Waals surface area contributed by atoms with E-state index in [0.717, 1.165) is 32.8 Å². The van der Waals surface area contributed by atoms with Gasteiger partial charge in [0.2, 0.25) is 6.79 Å². The lowest BCUT2D eigenvalue weighted by molar-refractivity contribution is 0.174. The molecule has 0 unspecified atom stereocenters. The quantitative estimate of drug-likeness (QED) is 0.840. The first-order valence-electron chi connectivity index (χ1n) is 6.07. The van der Waals surface area contributed by atoms with Crippen molar-refractivity contribution in [1.29, 1.82) is 0 Å². The second-order valence-corrected chi connectivity index (χ2v) is 5.71. The molecule has 0 saturated heterocycles. The van der Waals surface area contributed by atoms with Crippen LogP contribution in [-0.4, -0.2) is 11.8 Å². The lowest BCUT2D eigenvalue weighted by atomic mass is 10.2. The van der Waals surface area contributed by atoms with Gasteiger partial charge in [0.1, 0.15) is 0 Å². The van der Waals surface area contributed by atoms with E-state index in [0.29, 0.717) is 11.7 Å². The molecular weight excluding hydrogens is 344 g/mol. The third-order valence-electron chi connectivity index (χ3n) is 2.99. The van der Waals surface area contributed by atoms with E-state index in [1.54, 1.807) is 6.20 Å². The van der Waals surface area contributed by atoms with Gasteiger partial charge in [0, 0.05) is 17.2 Å². The third kappa shape index (κ3) is 2.69. The Morgan fingerprint density at radius 2 is 2.05 bits per heavy atom. The summed E-state index contributed by atoms with van der Waals surface area (Å²) in [7, 11) is 0. The zero-order valence-electron chi connectivity index (χ0n) is 10.7. The van der Waals surface area contributed by atoms with Crippen molar-refractivity contribution in [3.63, 3.8) is 0 Å². The molecule has 1 aromatic carbocycles. The first-order valence-corrected chi connectivity index (χ1v) is 7.24. The highest BCUT2D eigenvalue weighted by molar-refractivity contribution is 9.10. The van der Waals surface area contributed by atoms with E-state index in [2.05, 4.69) is 26.2 Å². The van der Waals surface area contributed by atoms with E-state index in [1.165, 1.54) is 0 Å². The lowest BCUT2D eigenvalue weighted by Crippen LogP contribution is -2.02. The van der Waals surface area contributed by atoms with Crippen molar-refractivity contribution in [3.8, 4) is 11.5 Å². The number of benzene rings is 1. The molecule has 2 aromatic rings. The second-order valence-electron chi connectivity index (χ2n) is 4.50. The average molecular weight is 356 g/mol. The number of nitrogens with zero attached hydrogens (tertiary/aromatic N) is 1. The number of anilines is 1. The van der Waals surface area contributed by atoms with Gasteiger partial charge in [-0.05, 0) is 36.2 Å². The fourth-order valence-electron chi connectivity index (χ4n) is 1.96. The van der Waals surface area contributed by atoms with Gasteiger partial charge < -0.3 is 14.8 Å². The first-order chi connectivity index (χ1) is 9.63. The van der Waals surface area contributed by atoms with Crippen molar-refractivity contribution in [2.75, 3.05) is 12.1 Å². The number of hydrogen-bond acceptors (Lipinski definition) is 4. The van der Waals surface area contributed by atoms with Crippen LogP contribution in [0.25, 0.3) is 0 Å². The molecule has 0 aliphatic carbocycles. The van der Waals surface area contributed by atoms with E-state index in [4.69, 9.17) is 21.1 Å². The van der Waals surface area contributed by atoms with E-state index >= 15 is 0 Å². The second kappa shape index (κ2) is 5.50. The smallest absolute Gasteiger partial charge is 0.231 e. The summed E-state index contributed by atoms with van der Waals surface area (Å²) in [6.45, 7) is 2.86. The standard InChI is InChI=1S/C14H12BrClN2O2/c1-8-2-11(14(16)18-5-8)17-6-9-3-12-13(4-10(9)15)20-7-19-12/h2-5,17H,6-7H2,1H3. The summed E-state index contributed by atoms with van der Waals surface area (Å²) in [6.07, 6.45) is 1.74. The number of hydrogen-bond donors (Lipinski definition) is 1. The van der Waals surface area contributed by atoms with Gasteiger partial charge in [0.15, 0.2) is 16.7 Å². The molecule has 0 radical (unpaired) electrons. The fraction of sp³-hybridized carbons (Fsp3) is 0.214. The SMILES string of the molecule is Cc1cnc(Cl)c(NCc2cc3c(cc2Br)OCO3)c1. The van der Waals surface area contributed by atoms with Gasteiger partial charge in [-0.2, -0.15) is 0 Å². The number of aryl methyl sites for hydroxylation is 1. The molecule has 4 nitrogen and oxygen atoms in total. The Morgan fingerprint density at radius 1 is 1.30 bits per heavy atom. The minimum absolute atomic E-state index is 0.270. The maximum Gasteiger partial charge on any atom is 0.231 e. The van der Waals surface area contributed by atoms with Crippen LogP contribution in [-0.2, 0) is 6.54 Å². The molecule has 1 aromatic heterocycles. The number of halogens is 2. The van der Waals surface area contributed by atoms with Crippen LogP contribution >= 0.6 is 27.5 Å². The van der Waals surface area contributed by atoms with Crippen molar-refractivity contribution in [3.05, 3.63) is 45.1 Å². The number of rotatable bonds is 3. The molecule has 104 valence electrons. The summed E-state index contributed by atoms with van der Waals surface area (Å²) < 4.78 is 11.7. The zero-order chi connectivity index (χ0) is 14.1. The minimum atomic E-state index is 0.270. The predicted octanol–water partition coefficient (Wildman–Crippen LogP) is 4.15. The largest absolute Gasteiger partial charge is 0.454 e. The van der Waals surface area contributed by atoms with Crippen molar-refractivity contribution in [1.82, 2.24) is 4.98 Å². The molecule has 20 heavy (non-hydrogen) atoms. The molecule has 1 aliphatic heterocycles. The molecule has 2 heterocycles. The number of nitrogens with one attached hydrogen (secondary N) is 1. The van der Waals surface area contributed by atoms with Crippen molar-refractivity contribution in [2.45, 2.75) is 13.5 Å². The Balaban J connectivity index is 1.80. The molecule has 0 spiro atoms.